The van der Waals surface area contributed by atoms with Crippen molar-refractivity contribution < 1.29 is 33.3 Å². The number of esters is 2. The van der Waals surface area contributed by atoms with E-state index in [0.29, 0.717) is 26.4 Å². The molecular formula is C17H30BrN3O7. The zero-order valence-corrected chi connectivity index (χ0v) is 18.5. The number of hydrogen-bond donors (Lipinski definition) is 0. The normalized spacial score (nSPS) is 13.3. The average molecular weight is 468 g/mol. The first-order valence-corrected chi connectivity index (χ1v) is 9.95. The molecular weight excluding hydrogens is 438 g/mol. The van der Waals surface area contributed by atoms with Crippen LogP contribution in [0.3, 0.4) is 0 Å². The molecule has 0 bridgehead atoms. The molecule has 0 saturated heterocycles. The minimum atomic E-state index is -1.17. The Hall–Kier alpha value is -1.39. The Morgan fingerprint density at radius 3 is 2.00 bits per heavy atom. The first-order chi connectivity index (χ1) is 13.3. The van der Waals surface area contributed by atoms with Gasteiger partial charge in [0.15, 0.2) is 0 Å². The number of hydrogen-bond acceptors (Lipinski definition) is 8. The molecule has 0 spiro atoms. The summed E-state index contributed by atoms with van der Waals surface area (Å²) in [4.78, 5) is 27.6. The molecule has 0 N–H and O–H groups in total. The molecule has 0 amide bonds. The van der Waals surface area contributed by atoms with Crippen LogP contribution in [0.25, 0.3) is 10.4 Å². The maximum absolute atomic E-state index is 12.6. The van der Waals surface area contributed by atoms with Gasteiger partial charge in [0.25, 0.3) is 0 Å². The summed E-state index contributed by atoms with van der Waals surface area (Å²) in [5, 5.41) is 3.50. The molecule has 0 aliphatic carbocycles. The summed E-state index contributed by atoms with van der Waals surface area (Å²) in [7, 11) is 1.60. The van der Waals surface area contributed by atoms with Crippen molar-refractivity contribution in [2.45, 2.75) is 20.8 Å². The third-order valence-electron chi connectivity index (χ3n) is 4.36. The van der Waals surface area contributed by atoms with E-state index in [1.807, 2.05) is 0 Å². The molecule has 1 unspecified atom stereocenters. The molecule has 0 fully saturated rings. The first kappa shape index (κ1) is 26.6. The van der Waals surface area contributed by atoms with Gasteiger partial charge in [-0.25, -0.2) is 0 Å². The van der Waals surface area contributed by atoms with Crippen molar-refractivity contribution >= 4 is 27.9 Å². The molecule has 0 radical (unpaired) electrons. The van der Waals surface area contributed by atoms with E-state index in [0.717, 1.165) is 0 Å². The van der Waals surface area contributed by atoms with E-state index < -0.39 is 22.8 Å². The number of methoxy groups -OCH3 is 1. The van der Waals surface area contributed by atoms with Crippen molar-refractivity contribution in [3.05, 3.63) is 10.4 Å². The van der Waals surface area contributed by atoms with E-state index in [9.17, 15) is 9.59 Å². The van der Waals surface area contributed by atoms with E-state index in [1.165, 1.54) is 0 Å². The van der Waals surface area contributed by atoms with Crippen LogP contribution in [-0.2, 0) is 33.3 Å². The molecule has 11 heteroatoms. The number of azide groups is 1. The second-order valence-corrected chi connectivity index (χ2v) is 7.10. The molecule has 0 aliphatic heterocycles. The quantitative estimate of drug-likeness (QED) is 0.0850. The Kier molecular flexibility index (Phi) is 13.9. The van der Waals surface area contributed by atoms with Gasteiger partial charge in [-0.2, -0.15) is 0 Å². The highest BCUT2D eigenvalue weighted by molar-refractivity contribution is 9.09. The second-order valence-electron chi connectivity index (χ2n) is 6.53. The largest absolute Gasteiger partial charge is 0.465 e. The molecule has 1 atom stereocenters. The van der Waals surface area contributed by atoms with Gasteiger partial charge >= 0.3 is 11.9 Å². The lowest BCUT2D eigenvalue weighted by Gasteiger charge is -2.38. The fourth-order valence-electron chi connectivity index (χ4n) is 1.92. The van der Waals surface area contributed by atoms with E-state index in [1.54, 1.807) is 27.9 Å². The van der Waals surface area contributed by atoms with Crippen LogP contribution in [0.1, 0.15) is 20.8 Å². The molecule has 28 heavy (non-hydrogen) atoms. The molecule has 0 aliphatic rings. The van der Waals surface area contributed by atoms with Gasteiger partial charge in [-0.1, -0.05) is 21.0 Å². The predicted octanol–water partition coefficient (Wildman–Crippen LogP) is 2.49. The van der Waals surface area contributed by atoms with Crippen LogP contribution in [0, 0.1) is 10.8 Å². The van der Waals surface area contributed by atoms with Gasteiger partial charge in [-0.05, 0) is 26.3 Å². The summed E-state index contributed by atoms with van der Waals surface area (Å²) in [5.41, 5.74) is 5.92. The number of nitrogens with zero attached hydrogens (tertiary/aromatic N) is 3. The smallest absolute Gasteiger partial charge is 0.313 e. The van der Waals surface area contributed by atoms with Crippen molar-refractivity contribution in [2.75, 3.05) is 65.2 Å². The predicted molar refractivity (Wildman–Crippen MR) is 105 cm³/mol. The van der Waals surface area contributed by atoms with Crippen LogP contribution in [0.4, 0.5) is 0 Å². The lowest BCUT2D eigenvalue weighted by molar-refractivity contribution is -0.175. The van der Waals surface area contributed by atoms with Crippen LogP contribution in [-0.4, -0.2) is 77.2 Å². The summed E-state index contributed by atoms with van der Waals surface area (Å²) < 4.78 is 25.9. The van der Waals surface area contributed by atoms with Crippen molar-refractivity contribution in [3.8, 4) is 0 Å². The zero-order valence-electron chi connectivity index (χ0n) is 16.9. The third-order valence-corrected chi connectivity index (χ3v) is 5.48. The monoisotopic (exact) mass is 467 g/mol. The zero-order chi connectivity index (χ0) is 21.5. The van der Waals surface area contributed by atoms with Crippen LogP contribution in [0.2, 0.25) is 0 Å². The van der Waals surface area contributed by atoms with Crippen molar-refractivity contribution in [1.82, 2.24) is 0 Å². The molecule has 10 nitrogen and oxygen atoms in total. The van der Waals surface area contributed by atoms with Crippen LogP contribution < -0.4 is 0 Å². The number of ether oxygens (including phenoxy) is 5. The van der Waals surface area contributed by atoms with Gasteiger partial charge in [0.1, 0.15) is 6.61 Å². The maximum atomic E-state index is 12.6. The lowest BCUT2D eigenvalue weighted by atomic mass is 9.68. The van der Waals surface area contributed by atoms with E-state index in [2.05, 4.69) is 26.0 Å². The van der Waals surface area contributed by atoms with Gasteiger partial charge in [-0.15, -0.1) is 0 Å². The number of carbonyl (C=O) groups excluding carboxylic acids is 2. The van der Waals surface area contributed by atoms with Crippen LogP contribution in [0.15, 0.2) is 5.11 Å². The van der Waals surface area contributed by atoms with Crippen molar-refractivity contribution in [1.29, 1.82) is 0 Å². The number of rotatable bonds is 16. The highest BCUT2D eigenvalue weighted by Gasteiger charge is 2.53. The minimum Gasteiger partial charge on any atom is -0.465 e. The van der Waals surface area contributed by atoms with E-state index >= 15 is 0 Å². The summed E-state index contributed by atoms with van der Waals surface area (Å²) in [6.45, 7) is 6.91. The third kappa shape index (κ3) is 8.74. The molecule has 0 aromatic heterocycles. The minimum absolute atomic E-state index is 0.0281. The fourth-order valence-corrected chi connectivity index (χ4v) is 2.85. The molecule has 0 heterocycles. The van der Waals surface area contributed by atoms with Crippen LogP contribution >= 0.6 is 15.9 Å². The highest BCUT2D eigenvalue weighted by atomic mass is 79.9. The molecule has 162 valence electrons. The Morgan fingerprint density at radius 1 is 0.929 bits per heavy atom. The molecule has 0 rings (SSSR count). The van der Waals surface area contributed by atoms with E-state index in [-0.39, 0.29) is 31.7 Å². The Bertz CT molecular complexity index is 527. The van der Waals surface area contributed by atoms with Crippen molar-refractivity contribution in [3.63, 3.8) is 0 Å². The molecule has 0 aromatic rings. The van der Waals surface area contributed by atoms with Gasteiger partial charge in [-0.3, -0.25) is 9.59 Å². The number of carbonyl (C=O) groups is 2. The number of halogens is 1. The molecule has 0 aromatic carbocycles. The lowest BCUT2D eigenvalue weighted by Crippen LogP contribution is -2.50. The Labute approximate surface area is 173 Å². The first-order valence-electron chi connectivity index (χ1n) is 8.83. The summed E-state index contributed by atoms with van der Waals surface area (Å²) in [5.74, 6) is -1.12. The van der Waals surface area contributed by atoms with E-state index in [4.69, 9.17) is 29.2 Å². The van der Waals surface area contributed by atoms with Gasteiger partial charge in [0.05, 0.1) is 57.0 Å². The standard InChI is InChI=1S/C17H30BrN3O7/c1-16(2,14(22)27-6-5-20-21-19)17(3,13-18)15(23)28-12-11-26-10-9-25-8-7-24-4/h5-13H2,1-4H3. The van der Waals surface area contributed by atoms with Gasteiger partial charge in [0, 0.05) is 17.4 Å². The maximum Gasteiger partial charge on any atom is 0.313 e. The van der Waals surface area contributed by atoms with Crippen molar-refractivity contribution in [2.24, 2.45) is 15.9 Å². The van der Waals surface area contributed by atoms with Crippen LogP contribution in [0.5, 0.6) is 0 Å². The Balaban J connectivity index is 4.44. The summed E-state index contributed by atoms with van der Waals surface area (Å²) in [6.07, 6.45) is 0. The number of alkyl halides is 1. The summed E-state index contributed by atoms with van der Waals surface area (Å²) in [6, 6.07) is 0. The fraction of sp³-hybridized carbons (Fsp3) is 0.882. The average Bonchev–Trinajstić information content (AvgIpc) is 2.68. The molecule has 0 saturated carbocycles. The second kappa shape index (κ2) is 14.6. The topological polar surface area (TPSA) is 129 Å². The van der Waals surface area contributed by atoms with Gasteiger partial charge in [0.2, 0.25) is 0 Å². The summed E-state index contributed by atoms with van der Waals surface area (Å²) >= 11 is 3.30. The SMILES string of the molecule is COCCOCCOCCOC(=O)C(C)(CBr)C(C)(C)C(=O)OCCN=[N+]=[N-]. The highest BCUT2D eigenvalue weighted by Crippen LogP contribution is 2.42. The van der Waals surface area contributed by atoms with Gasteiger partial charge < -0.3 is 23.7 Å². The Morgan fingerprint density at radius 2 is 1.46 bits per heavy atom.